The summed E-state index contributed by atoms with van der Waals surface area (Å²) in [5.74, 6) is 2.92. The van der Waals surface area contributed by atoms with Gasteiger partial charge in [-0.2, -0.15) is 0 Å². The zero-order chi connectivity index (χ0) is 10.6. The fraction of sp³-hybridized carbons (Fsp3) is 0.333. The predicted molar refractivity (Wildman–Crippen MR) is 46.0 cm³/mol. The molecule has 0 spiro atoms. The minimum absolute atomic E-state index is 0.0829. The molecule has 1 aromatic rings. The average Bonchev–Trinajstić information content (AvgIpc) is 2.14. The maximum atomic E-state index is 13.1. The molecule has 0 aromatic heterocycles. The number of ether oxygens (including phenoxy) is 1. The van der Waals surface area contributed by atoms with E-state index in [9.17, 15) is 8.78 Å². The van der Waals surface area contributed by atoms with Crippen LogP contribution in [0.3, 0.4) is 0 Å². The molecule has 0 aliphatic carbocycles. The van der Waals surface area contributed by atoms with E-state index >= 15 is 0 Å². The van der Waals surface area contributed by atoms with Gasteiger partial charge in [-0.25, -0.2) is 14.7 Å². The number of hydrogen-bond acceptors (Lipinski definition) is 3. The van der Waals surface area contributed by atoms with Gasteiger partial charge in [-0.05, 0) is 17.7 Å². The molecule has 0 saturated carbocycles. The zero-order valence-electron chi connectivity index (χ0n) is 7.72. The fourth-order valence-corrected chi connectivity index (χ4v) is 1.15. The summed E-state index contributed by atoms with van der Waals surface area (Å²) in [5.41, 5.74) is 0.623. The van der Waals surface area contributed by atoms with Crippen molar-refractivity contribution in [1.82, 2.24) is 0 Å². The van der Waals surface area contributed by atoms with Crippen molar-refractivity contribution in [2.45, 2.75) is 13.2 Å². The van der Waals surface area contributed by atoms with Gasteiger partial charge < -0.3 is 4.74 Å². The third kappa shape index (κ3) is 2.47. The standard InChI is InChI=1S/C9H11F2NO2/c1-13-4-6-2-7(5-14-12)9(11)8(10)3-6/h2-3H,4-5,12H2,1H3. The van der Waals surface area contributed by atoms with E-state index in [0.29, 0.717) is 5.56 Å². The van der Waals surface area contributed by atoms with Crippen molar-refractivity contribution in [3.8, 4) is 0 Å². The summed E-state index contributed by atoms with van der Waals surface area (Å²) in [6.45, 7) is 0.0507. The summed E-state index contributed by atoms with van der Waals surface area (Å²) >= 11 is 0. The lowest BCUT2D eigenvalue weighted by atomic mass is 10.1. The third-order valence-corrected chi connectivity index (χ3v) is 1.71. The van der Waals surface area contributed by atoms with Crippen LogP contribution in [0.5, 0.6) is 0 Å². The van der Waals surface area contributed by atoms with Crippen LogP contribution in [-0.2, 0) is 22.8 Å². The van der Waals surface area contributed by atoms with Gasteiger partial charge in [0.2, 0.25) is 0 Å². The summed E-state index contributed by atoms with van der Waals surface area (Å²) in [6.07, 6.45) is 0. The molecule has 0 unspecified atom stereocenters. The smallest absolute Gasteiger partial charge is 0.164 e. The van der Waals surface area contributed by atoms with Crippen molar-refractivity contribution in [2.75, 3.05) is 7.11 Å². The second-order valence-corrected chi connectivity index (χ2v) is 2.79. The highest BCUT2D eigenvalue weighted by molar-refractivity contribution is 5.25. The van der Waals surface area contributed by atoms with E-state index in [1.54, 1.807) is 0 Å². The topological polar surface area (TPSA) is 44.5 Å². The fourth-order valence-electron chi connectivity index (χ4n) is 1.15. The molecule has 0 heterocycles. The number of halogens is 2. The van der Waals surface area contributed by atoms with Crippen LogP contribution < -0.4 is 5.90 Å². The Labute approximate surface area is 80.4 Å². The lowest BCUT2D eigenvalue weighted by Crippen LogP contribution is -2.04. The Kier molecular flexibility index (Phi) is 3.94. The second-order valence-electron chi connectivity index (χ2n) is 2.79. The largest absolute Gasteiger partial charge is 0.380 e. The molecule has 0 amide bonds. The average molecular weight is 203 g/mol. The molecule has 0 bridgehead atoms. The van der Waals surface area contributed by atoms with Crippen LogP contribution in [-0.4, -0.2) is 7.11 Å². The Balaban J connectivity index is 3.01. The lowest BCUT2D eigenvalue weighted by Gasteiger charge is -2.06. The minimum Gasteiger partial charge on any atom is -0.380 e. The minimum atomic E-state index is -0.935. The van der Waals surface area contributed by atoms with Crippen molar-refractivity contribution >= 4 is 0 Å². The molecule has 0 radical (unpaired) electrons. The number of rotatable bonds is 4. The van der Waals surface area contributed by atoms with Gasteiger partial charge in [-0.15, -0.1) is 0 Å². The Bertz CT molecular complexity index is 318. The molecule has 1 rings (SSSR count). The van der Waals surface area contributed by atoms with Gasteiger partial charge in [0.1, 0.15) is 0 Å². The number of methoxy groups -OCH3 is 1. The van der Waals surface area contributed by atoms with Crippen molar-refractivity contribution in [2.24, 2.45) is 5.90 Å². The first-order valence-electron chi connectivity index (χ1n) is 3.96. The van der Waals surface area contributed by atoms with Crippen LogP contribution in [0.1, 0.15) is 11.1 Å². The second kappa shape index (κ2) is 4.99. The molecule has 78 valence electrons. The van der Waals surface area contributed by atoms with Crippen molar-refractivity contribution in [3.63, 3.8) is 0 Å². The Hall–Kier alpha value is -1.04. The number of nitrogens with two attached hydrogens (primary N) is 1. The highest BCUT2D eigenvalue weighted by Gasteiger charge is 2.10. The van der Waals surface area contributed by atoms with E-state index in [1.807, 2.05) is 0 Å². The van der Waals surface area contributed by atoms with Gasteiger partial charge in [-0.3, -0.25) is 4.84 Å². The third-order valence-electron chi connectivity index (χ3n) is 1.71. The van der Waals surface area contributed by atoms with E-state index in [4.69, 9.17) is 10.6 Å². The lowest BCUT2D eigenvalue weighted by molar-refractivity contribution is 0.120. The molecule has 0 aliphatic heterocycles. The number of benzene rings is 1. The van der Waals surface area contributed by atoms with E-state index in [-0.39, 0.29) is 18.8 Å². The molecule has 14 heavy (non-hydrogen) atoms. The van der Waals surface area contributed by atoms with Gasteiger partial charge in [0, 0.05) is 12.7 Å². The summed E-state index contributed by atoms with van der Waals surface area (Å²) in [7, 11) is 1.47. The molecule has 0 aliphatic rings. The number of hydrogen-bond donors (Lipinski definition) is 1. The summed E-state index contributed by atoms with van der Waals surface area (Å²) < 4.78 is 30.8. The van der Waals surface area contributed by atoms with Gasteiger partial charge in [0.25, 0.3) is 0 Å². The molecular formula is C9H11F2NO2. The molecular weight excluding hydrogens is 192 g/mol. The van der Waals surface area contributed by atoms with Crippen LogP contribution in [0.4, 0.5) is 8.78 Å². The molecule has 5 heteroatoms. The molecule has 0 fully saturated rings. The molecule has 2 N–H and O–H groups in total. The highest BCUT2D eigenvalue weighted by Crippen LogP contribution is 2.16. The summed E-state index contributed by atoms with van der Waals surface area (Å²) in [4.78, 5) is 4.25. The van der Waals surface area contributed by atoms with Gasteiger partial charge in [-0.1, -0.05) is 0 Å². The Morgan fingerprint density at radius 3 is 2.57 bits per heavy atom. The van der Waals surface area contributed by atoms with E-state index < -0.39 is 11.6 Å². The highest BCUT2D eigenvalue weighted by atomic mass is 19.2. The van der Waals surface area contributed by atoms with Crippen LogP contribution in [0.25, 0.3) is 0 Å². The summed E-state index contributed by atoms with van der Waals surface area (Å²) in [6, 6.07) is 2.54. The van der Waals surface area contributed by atoms with E-state index in [1.165, 1.54) is 13.2 Å². The molecule has 0 atom stereocenters. The van der Waals surface area contributed by atoms with Crippen LogP contribution >= 0.6 is 0 Å². The van der Waals surface area contributed by atoms with Crippen molar-refractivity contribution in [3.05, 3.63) is 34.9 Å². The first-order valence-corrected chi connectivity index (χ1v) is 3.96. The summed E-state index contributed by atoms with van der Waals surface area (Å²) in [5, 5.41) is 0. The maximum Gasteiger partial charge on any atom is 0.164 e. The Morgan fingerprint density at radius 2 is 2.00 bits per heavy atom. The monoisotopic (exact) mass is 203 g/mol. The SMILES string of the molecule is COCc1cc(F)c(F)c(CON)c1. The first kappa shape index (κ1) is 11.0. The van der Waals surface area contributed by atoms with Gasteiger partial charge >= 0.3 is 0 Å². The maximum absolute atomic E-state index is 13.1. The predicted octanol–water partition coefficient (Wildman–Crippen LogP) is 1.50. The first-order chi connectivity index (χ1) is 6.69. The van der Waals surface area contributed by atoms with Gasteiger partial charge in [0.15, 0.2) is 11.6 Å². The quantitative estimate of drug-likeness (QED) is 0.754. The van der Waals surface area contributed by atoms with Crippen LogP contribution in [0.15, 0.2) is 12.1 Å². The van der Waals surface area contributed by atoms with Crippen molar-refractivity contribution < 1.29 is 18.4 Å². The van der Waals surface area contributed by atoms with Crippen LogP contribution in [0.2, 0.25) is 0 Å². The van der Waals surface area contributed by atoms with Gasteiger partial charge in [0.05, 0.1) is 13.2 Å². The van der Waals surface area contributed by atoms with Crippen molar-refractivity contribution in [1.29, 1.82) is 0 Å². The Morgan fingerprint density at radius 1 is 1.29 bits per heavy atom. The molecule has 0 saturated heterocycles. The molecule has 1 aromatic carbocycles. The normalized spacial score (nSPS) is 10.6. The van der Waals surface area contributed by atoms with E-state index in [2.05, 4.69) is 4.84 Å². The molecule has 3 nitrogen and oxygen atoms in total. The van der Waals surface area contributed by atoms with Crippen LogP contribution in [0, 0.1) is 11.6 Å². The van der Waals surface area contributed by atoms with E-state index in [0.717, 1.165) is 6.07 Å². The zero-order valence-corrected chi connectivity index (χ0v) is 7.72.